The van der Waals surface area contributed by atoms with E-state index >= 15 is 0 Å². The number of pyridine rings is 1. The summed E-state index contributed by atoms with van der Waals surface area (Å²) in [5, 5.41) is 2.83. The molecule has 0 radical (unpaired) electrons. The molecule has 3 aromatic rings. The molecule has 0 bridgehead atoms. The lowest BCUT2D eigenvalue weighted by Gasteiger charge is -2.12. The number of nitrogens with zero attached hydrogens (tertiary/aromatic N) is 1. The molecule has 1 aromatic heterocycles. The molecule has 0 spiro atoms. The van der Waals surface area contributed by atoms with Gasteiger partial charge in [0.15, 0.2) is 0 Å². The third-order valence-corrected chi connectivity index (χ3v) is 3.57. The first-order valence-corrected chi connectivity index (χ1v) is 7.83. The lowest BCUT2D eigenvalue weighted by atomic mass is 10.2. The lowest BCUT2D eigenvalue weighted by Crippen LogP contribution is -2.13. The summed E-state index contributed by atoms with van der Waals surface area (Å²) in [5.41, 5.74) is 2.05. The molecule has 2 aromatic carbocycles. The topological polar surface area (TPSA) is 60.5 Å². The van der Waals surface area contributed by atoms with Crippen LogP contribution in [0.3, 0.4) is 0 Å². The summed E-state index contributed by atoms with van der Waals surface area (Å²) in [4.78, 5) is 16.5. The zero-order valence-corrected chi connectivity index (χ0v) is 13.8. The van der Waals surface area contributed by atoms with E-state index in [4.69, 9.17) is 9.47 Å². The van der Waals surface area contributed by atoms with Crippen LogP contribution in [-0.2, 0) is 6.61 Å². The molecule has 0 atom stereocenters. The monoisotopic (exact) mass is 334 g/mol. The number of methoxy groups -OCH3 is 1. The SMILES string of the molecule is COc1cccc(COc2ncccc2NC(=O)c2ccccc2)c1. The molecule has 0 saturated carbocycles. The van der Waals surface area contributed by atoms with Crippen molar-refractivity contribution in [3.8, 4) is 11.6 Å². The number of hydrogen-bond donors (Lipinski definition) is 1. The minimum absolute atomic E-state index is 0.208. The minimum atomic E-state index is -0.208. The van der Waals surface area contributed by atoms with Crippen molar-refractivity contribution in [3.63, 3.8) is 0 Å². The van der Waals surface area contributed by atoms with Crippen LogP contribution >= 0.6 is 0 Å². The van der Waals surface area contributed by atoms with E-state index in [-0.39, 0.29) is 5.91 Å². The number of aromatic nitrogens is 1. The van der Waals surface area contributed by atoms with E-state index in [2.05, 4.69) is 10.3 Å². The second-order valence-corrected chi connectivity index (χ2v) is 5.32. The maximum absolute atomic E-state index is 12.3. The zero-order chi connectivity index (χ0) is 17.5. The van der Waals surface area contributed by atoms with Crippen molar-refractivity contribution >= 4 is 11.6 Å². The molecular formula is C20H18N2O3. The summed E-state index contributed by atoms with van der Waals surface area (Å²) in [6.07, 6.45) is 1.62. The van der Waals surface area contributed by atoms with E-state index in [1.54, 1.807) is 37.6 Å². The van der Waals surface area contributed by atoms with Crippen LogP contribution in [0.1, 0.15) is 15.9 Å². The maximum atomic E-state index is 12.3. The summed E-state index contributed by atoms with van der Waals surface area (Å²) in [6, 6.07) is 20.1. The Morgan fingerprint density at radius 1 is 1.04 bits per heavy atom. The molecule has 5 nitrogen and oxygen atoms in total. The molecule has 1 N–H and O–H groups in total. The quantitative estimate of drug-likeness (QED) is 0.742. The van der Waals surface area contributed by atoms with E-state index in [1.807, 2.05) is 42.5 Å². The summed E-state index contributed by atoms with van der Waals surface area (Å²) >= 11 is 0. The largest absolute Gasteiger partial charge is 0.497 e. The third kappa shape index (κ3) is 4.35. The number of carbonyl (C=O) groups excluding carboxylic acids is 1. The van der Waals surface area contributed by atoms with Gasteiger partial charge in [-0.15, -0.1) is 0 Å². The second kappa shape index (κ2) is 7.97. The van der Waals surface area contributed by atoms with Crippen LogP contribution in [0.5, 0.6) is 11.6 Å². The van der Waals surface area contributed by atoms with Gasteiger partial charge in [0, 0.05) is 11.8 Å². The molecule has 0 saturated heterocycles. The third-order valence-electron chi connectivity index (χ3n) is 3.57. The van der Waals surface area contributed by atoms with Gasteiger partial charge in [0.1, 0.15) is 18.0 Å². The highest BCUT2D eigenvalue weighted by molar-refractivity contribution is 6.04. The van der Waals surface area contributed by atoms with Crippen LogP contribution in [0.15, 0.2) is 72.9 Å². The average molecular weight is 334 g/mol. The Bertz CT molecular complexity index is 850. The van der Waals surface area contributed by atoms with Crippen molar-refractivity contribution in [1.82, 2.24) is 4.98 Å². The highest BCUT2D eigenvalue weighted by Crippen LogP contribution is 2.23. The Balaban J connectivity index is 1.71. The number of nitrogens with one attached hydrogen (secondary N) is 1. The van der Waals surface area contributed by atoms with E-state index in [1.165, 1.54) is 0 Å². The van der Waals surface area contributed by atoms with Gasteiger partial charge in [-0.1, -0.05) is 30.3 Å². The fourth-order valence-electron chi connectivity index (χ4n) is 2.30. The normalized spacial score (nSPS) is 10.1. The minimum Gasteiger partial charge on any atom is -0.497 e. The first kappa shape index (κ1) is 16.5. The smallest absolute Gasteiger partial charge is 0.255 e. The zero-order valence-electron chi connectivity index (χ0n) is 13.8. The number of hydrogen-bond acceptors (Lipinski definition) is 4. The average Bonchev–Trinajstić information content (AvgIpc) is 2.68. The molecule has 0 aliphatic heterocycles. The molecule has 0 unspecified atom stereocenters. The molecule has 0 aliphatic carbocycles. The number of anilines is 1. The van der Waals surface area contributed by atoms with Gasteiger partial charge in [0.25, 0.3) is 5.91 Å². The Kier molecular flexibility index (Phi) is 5.26. The second-order valence-electron chi connectivity index (χ2n) is 5.32. The molecule has 0 aliphatic rings. The standard InChI is InChI=1S/C20H18N2O3/c1-24-17-10-5-7-15(13-17)14-25-20-18(11-6-12-21-20)22-19(23)16-8-3-2-4-9-16/h2-13H,14H2,1H3,(H,22,23). The summed E-state index contributed by atoms with van der Waals surface area (Å²) < 4.78 is 11.0. The summed E-state index contributed by atoms with van der Waals surface area (Å²) in [7, 11) is 1.62. The first-order valence-electron chi connectivity index (χ1n) is 7.83. The molecule has 0 fully saturated rings. The molecule has 25 heavy (non-hydrogen) atoms. The predicted molar refractivity (Wildman–Crippen MR) is 96.0 cm³/mol. The molecule has 126 valence electrons. The predicted octanol–water partition coefficient (Wildman–Crippen LogP) is 3.92. The Morgan fingerprint density at radius 3 is 2.68 bits per heavy atom. The number of amides is 1. The van der Waals surface area contributed by atoms with Crippen LogP contribution in [0.4, 0.5) is 5.69 Å². The Morgan fingerprint density at radius 2 is 1.88 bits per heavy atom. The van der Waals surface area contributed by atoms with Crippen LogP contribution in [-0.4, -0.2) is 18.0 Å². The first-order chi connectivity index (χ1) is 12.3. The molecule has 3 rings (SSSR count). The van der Waals surface area contributed by atoms with Gasteiger partial charge >= 0.3 is 0 Å². The fraction of sp³-hybridized carbons (Fsp3) is 0.100. The van der Waals surface area contributed by atoms with Crippen molar-refractivity contribution in [2.75, 3.05) is 12.4 Å². The van der Waals surface area contributed by atoms with Gasteiger partial charge in [-0.2, -0.15) is 0 Å². The molecule has 5 heteroatoms. The van der Waals surface area contributed by atoms with E-state index in [0.717, 1.165) is 11.3 Å². The van der Waals surface area contributed by atoms with Gasteiger partial charge in [0.2, 0.25) is 5.88 Å². The van der Waals surface area contributed by atoms with Crippen LogP contribution in [0, 0.1) is 0 Å². The van der Waals surface area contributed by atoms with Crippen molar-refractivity contribution in [3.05, 3.63) is 84.1 Å². The van der Waals surface area contributed by atoms with Gasteiger partial charge in [-0.05, 0) is 42.0 Å². The van der Waals surface area contributed by atoms with Gasteiger partial charge in [0.05, 0.1) is 7.11 Å². The van der Waals surface area contributed by atoms with E-state index < -0.39 is 0 Å². The summed E-state index contributed by atoms with van der Waals surface area (Å²) in [6.45, 7) is 0.322. The molecule has 1 amide bonds. The highest BCUT2D eigenvalue weighted by Gasteiger charge is 2.10. The van der Waals surface area contributed by atoms with Crippen molar-refractivity contribution in [1.29, 1.82) is 0 Å². The Hall–Kier alpha value is -3.34. The van der Waals surface area contributed by atoms with Gasteiger partial charge < -0.3 is 14.8 Å². The number of carbonyl (C=O) groups is 1. The molecular weight excluding hydrogens is 316 g/mol. The summed E-state index contributed by atoms with van der Waals surface area (Å²) in [5.74, 6) is 0.925. The number of benzene rings is 2. The van der Waals surface area contributed by atoms with Crippen molar-refractivity contribution in [2.24, 2.45) is 0 Å². The van der Waals surface area contributed by atoms with Gasteiger partial charge in [-0.25, -0.2) is 4.98 Å². The number of rotatable bonds is 6. The van der Waals surface area contributed by atoms with E-state index in [9.17, 15) is 4.79 Å². The van der Waals surface area contributed by atoms with Crippen LogP contribution < -0.4 is 14.8 Å². The van der Waals surface area contributed by atoms with Gasteiger partial charge in [-0.3, -0.25) is 4.79 Å². The van der Waals surface area contributed by atoms with Crippen LogP contribution in [0.25, 0.3) is 0 Å². The van der Waals surface area contributed by atoms with Crippen molar-refractivity contribution < 1.29 is 14.3 Å². The van der Waals surface area contributed by atoms with Crippen LogP contribution in [0.2, 0.25) is 0 Å². The maximum Gasteiger partial charge on any atom is 0.255 e. The lowest BCUT2D eigenvalue weighted by molar-refractivity contribution is 0.102. The number of ether oxygens (including phenoxy) is 2. The molecule has 1 heterocycles. The Labute approximate surface area is 146 Å². The fourth-order valence-corrected chi connectivity index (χ4v) is 2.30. The van der Waals surface area contributed by atoms with E-state index in [0.29, 0.717) is 23.7 Å². The highest BCUT2D eigenvalue weighted by atomic mass is 16.5. The van der Waals surface area contributed by atoms with Crippen molar-refractivity contribution in [2.45, 2.75) is 6.61 Å².